The first-order chi connectivity index (χ1) is 7.18. The highest BCUT2D eigenvalue weighted by molar-refractivity contribution is 6.02. The molecule has 1 atom stereocenters. The van der Waals surface area contributed by atoms with Crippen LogP contribution in [0.5, 0.6) is 5.75 Å². The number of benzene rings is 1. The maximum Gasteiger partial charge on any atom is 0.169 e. The fourth-order valence-electron chi connectivity index (χ4n) is 1.87. The van der Waals surface area contributed by atoms with Gasteiger partial charge < -0.3 is 16.2 Å². The standard InChI is InChI=1S/C11H14N2O2/c12-10-5-8(14)1-2-9(10)11(15)7-3-4-13-6-7/h1-2,5,7,13-14H,3-4,6,12H2. The fraction of sp³-hybridized carbons (Fsp3) is 0.364. The van der Waals surface area contributed by atoms with Crippen LogP contribution in [0.2, 0.25) is 0 Å². The van der Waals surface area contributed by atoms with Gasteiger partial charge in [0, 0.05) is 29.8 Å². The minimum atomic E-state index is 0.0249. The van der Waals surface area contributed by atoms with E-state index in [4.69, 9.17) is 5.73 Å². The summed E-state index contributed by atoms with van der Waals surface area (Å²) >= 11 is 0. The number of carbonyl (C=O) groups excluding carboxylic acids is 1. The zero-order valence-corrected chi connectivity index (χ0v) is 8.36. The Hall–Kier alpha value is -1.55. The van der Waals surface area contributed by atoms with E-state index in [-0.39, 0.29) is 17.5 Å². The van der Waals surface area contributed by atoms with E-state index in [1.165, 1.54) is 12.1 Å². The molecule has 2 rings (SSSR count). The van der Waals surface area contributed by atoms with Crippen molar-refractivity contribution in [3.8, 4) is 5.75 Å². The third-order valence-electron chi connectivity index (χ3n) is 2.73. The van der Waals surface area contributed by atoms with E-state index in [9.17, 15) is 9.90 Å². The summed E-state index contributed by atoms with van der Waals surface area (Å²) in [6, 6.07) is 4.49. The summed E-state index contributed by atoms with van der Waals surface area (Å²) in [6.45, 7) is 1.60. The summed E-state index contributed by atoms with van der Waals surface area (Å²) in [4.78, 5) is 12.0. The molecule has 4 N–H and O–H groups in total. The highest BCUT2D eigenvalue weighted by Crippen LogP contribution is 2.23. The van der Waals surface area contributed by atoms with E-state index in [0.717, 1.165) is 19.5 Å². The number of anilines is 1. The van der Waals surface area contributed by atoms with Gasteiger partial charge in [0.05, 0.1) is 0 Å². The summed E-state index contributed by atoms with van der Waals surface area (Å²) < 4.78 is 0. The summed E-state index contributed by atoms with van der Waals surface area (Å²) in [5, 5.41) is 12.3. The molecule has 0 amide bonds. The first-order valence-electron chi connectivity index (χ1n) is 5.02. The molecule has 15 heavy (non-hydrogen) atoms. The third-order valence-corrected chi connectivity index (χ3v) is 2.73. The van der Waals surface area contributed by atoms with Crippen LogP contribution in [0.4, 0.5) is 5.69 Å². The number of phenols is 1. The monoisotopic (exact) mass is 206 g/mol. The Morgan fingerprint density at radius 1 is 1.53 bits per heavy atom. The first kappa shape index (κ1) is 9.98. The van der Waals surface area contributed by atoms with Gasteiger partial charge in [-0.05, 0) is 25.1 Å². The molecule has 1 aromatic carbocycles. The molecule has 1 saturated heterocycles. The Morgan fingerprint density at radius 3 is 2.93 bits per heavy atom. The van der Waals surface area contributed by atoms with Crippen molar-refractivity contribution < 1.29 is 9.90 Å². The van der Waals surface area contributed by atoms with E-state index in [0.29, 0.717) is 11.3 Å². The van der Waals surface area contributed by atoms with Crippen molar-refractivity contribution in [2.75, 3.05) is 18.8 Å². The Bertz CT molecular complexity index is 384. The number of carbonyl (C=O) groups is 1. The number of nitrogens with two attached hydrogens (primary N) is 1. The van der Waals surface area contributed by atoms with Crippen molar-refractivity contribution in [3.63, 3.8) is 0 Å². The second-order valence-electron chi connectivity index (χ2n) is 3.83. The van der Waals surface area contributed by atoms with E-state index in [1.807, 2.05) is 0 Å². The van der Waals surface area contributed by atoms with Gasteiger partial charge in [0.2, 0.25) is 0 Å². The predicted molar refractivity (Wildman–Crippen MR) is 57.8 cm³/mol. The molecule has 1 fully saturated rings. The van der Waals surface area contributed by atoms with Crippen molar-refractivity contribution in [3.05, 3.63) is 23.8 Å². The molecule has 1 heterocycles. The molecule has 1 aliphatic rings. The van der Waals surface area contributed by atoms with Crippen LogP contribution in [0, 0.1) is 5.92 Å². The lowest BCUT2D eigenvalue weighted by Gasteiger charge is -2.09. The van der Waals surface area contributed by atoms with Crippen molar-refractivity contribution in [2.24, 2.45) is 5.92 Å². The summed E-state index contributed by atoms with van der Waals surface area (Å²) in [5.41, 5.74) is 6.56. The molecule has 1 unspecified atom stereocenters. The number of nitrogen functional groups attached to an aromatic ring is 1. The zero-order valence-electron chi connectivity index (χ0n) is 8.36. The van der Waals surface area contributed by atoms with Crippen molar-refractivity contribution in [1.29, 1.82) is 0 Å². The molecule has 4 nitrogen and oxygen atoms in total. The number of Topliss-reactive ketones (excluding diaryl/α,β-unsaturated/α-hetero) is 1. The van der Waals surface area contributed by atoms with Gasteiger partial charge in [-0.1, -0.05) is 0 Å². The lowest BCUT2D eigenvalue weighted by molar-refractivity contribution is 0.0931. The lowest BCUT2D eigenvalue weighted by Crippen LogP contribution is -2.18. The number of phenolic OH excluding ortho intramolecular Hbond substituents is 1. The van der Waals surface area contributed by atoms with Crippen LogP contribution >= 0.6 is 0 Å². The van der Waals surface area contributed by atoms with E-state index in [2.05, 4.69) is 5.32 Å². The van der Waals surface area contributed by atoms with Gasteiger partial charge in [-0.15, -0.1) is 0 Å². The van der Waals surface area contributed by atoms with Gasteiger partial charge >= 0.3 is 0 Å². The highest BCUT2D eigenvalue weighted by atomic mass is 16.3. The van der Waals surface area contributed by atoms with Crippen molar-refractivity contribution >= 4 is 11.5 Å². The van der Waals surface area contributed by atoms with Crippen LogP contribution in [0.1, 0.15) is 16.8 Å². The fourth-order valence-corrected chi connectivity index (χ4v) is 1.87. The lowest BCUT2D eigenvalue weighted by atomic mass is 9.96. The average Bonchev–Trinajstić information content (AvgIpc) is 2.69. The molecule has 1 aromatic rings. The number of nitrogens with one attached hydrogen (secondary N) is 1. The van der Waals surface area contributed by atoms with Gasteiger partial charge in [-0.2, -0.15) is 0 Å². The van der Waals surface area contributed by atoms with Gasteiger partial charge in [0.25, 0.3) is 0 Å². The number of rotatable bonds is 2. The summed E-state index contributed by atoms with van der Waals surface area (Å²) in [5.74, 6) is 0.183. The quantitative estimate of drug-likeness (QED) is 0.493. The van der Waals surface area contributed by atoms with Gasteiger partial charge in [0.15, 0.2) is 5.78 Å². The number of hydrogen-bond acceptors (Lipinski definition) is 4. The van der Waals surface area contributed by atoms with Crippen LogP contribution in [0.25, 0.3) is 0 Å². The molecule has 0 radical (unpaired) electrons. The van der Waals surface area contributed by atoms with Crippen LogP contribution in [0.3, 0.4) is 0 Å². The number of ketones is 1. The third kappa shape index (κ3) is 1.94. The molecule has 0 bridgehead atoms. The Labute approximate surface area is 88.1 Å². The van der Waals surface area contributed by atoms with E-state index < -0.39 is 0 Å². The molecule has 0 aliphatic carbocycles. The Balaban J connectivity index is 2.24. The minimum absolute atomic E-state index is 0.0249. The highest BCUT2D eigenvalue weighted by Gasteiger charge is 2.24. The van der Waals surface area contributed by atoms with E-state index in [1.54, 1.807) is 6.07 Å². The van der Waals surface area contributed by atoms with Crippen molar-refractivity contribution in [2.45, 2.75) is 6.42 Å². The maximum absolute atomic E-state index is 12.0. The van der Waals surface area contributed by atoms with Crippen molar-refractivity contribution in [1.82, 2.24) is 5.32 Å². The molecular formula is C11H14N2O2. The van der Waals surface area contributed by atoms with Gasteiger partial charge in [0.1, 0.15) is 5.75 Å². The molecular weight excluding hydrogens is 192 g/mol. The molecule has 4 heteroatoms. The Morgan fingerprint density at radius 2 is 2.33 bits per heavy atom. The summed E-state index contributed by atoms with van der Waals surface area (Å²) in [6.07, 6.45) is 0.860. The van der Waals surface area contributed by atoms with E-state index >= 15 is 0 Å². The smallest absolute Gasteiger partial charge is 0.169 e. The van der Waals surface area contributed by atoms with Gasteiger partial charge in [-0.25, -0.2) is 0 Å². The SMILES string of the molecule is Nc1cc(O)ccc1C(=O)C1CCNC1. The van der Waals surface area contributed by atoms with Crippen LogP contribution in [0.15, 0.2) is 18.2 Å². The second kappa shape index (κ2) is 3.90. The molecule has 80 valence electrons. The average molecular weight is 206 g/mol. The zero-order chi connectivity index (χ0) is 10.8. The number of hydrogen-bond donors (Lipinski definition) is 3. The molecule has 1 aliphatic heterocycles. The van der Waals surface area contributed by atoms with Crippen LogP contribution < -0.4 is 11.1 Å². The Kier molecular flexibility index (Phi) is 2.60. The number of aromatic hydroxyl groups is 1. The predicted octanol–water partition coefficient (Wildman–Crippen LogP) is 0.767. The van der Waals surface area contributed by atoms with Gasteiger partial charge in [-0.3, -0.25) is 4.79 Å². The normalized spacial score (nSPS) is 20.4. The molecule has 0 spiro atoms. The topological polar surface area (TPSA) is 75.3 Å². The first-order valence-corrected chi connectivity index (χ1v) is 5.02. The largest absolute Gasteiger partial charge is 0.508 e. The van der Waals surface area contributed by atoms with Crippen LogP contribution in [-0.2, 0) is 0 Å². The molecule has 0 saturated carbocycles. The molecule has 0 aromatic heterocycles. The summed E-state index contributed by atoms with van der Waals surface area (Å²) in [7, 11) is 0. The second-order valence-corrected chi connectivity index (χ2v) is 3.83. The minimum Gasteiger partial charge on any atom is -0.508 e. The van der Waals surface area contributed by atoms with Crippen LogP contribution in [-0.4, -0.2) is 24.0 Å². The maximum atomic E-state index is 12.0.